The lowest BCUT2D eigenvalue weighted by atomic mass is 10.1. The normalized spacial score (nSPS) is 12.0. The first-order valence-electron chi connectivity index (χ1n) is 12.6. The average molecular weight is 540 g/mol. The van der Waals surface area contributed by atoms with Crippen molar-refractivity contribution in [2.75, 3.05) is 17.4 Å². The van der Waals surface area contributed by atoms with E-state index in [2.05, 4.69) is 5.32 Å². The molecule has 0 aliphatic heterocycles. The monoisotopic (exact) mass is 539 g/mol. The molecule has 3 aromatic carbocycles. The summed E-state index contributed by atoms with van der Waals surface area (Å²) in [5.41, 5.74) is 1.81. The molecule has 0 aliphatic rings. The number of halogens is 1. The molecule has 0 saturated carbocycles. The number of unbranched alkanes of at least 4 members (excludes halogenated alkanes) is 1. The minimum atomic E-state index is -4.19. The number of carbonyl (C=O) groups is 2. The molecule has 1 N–H and O–H groups in total. The van der Waals surface area contributed by atoms with Gasteiger partial charge in [0.25, 0.3) is 10.0 Å². The van der Waals surface area contributed by atoms with E-state index in [9.17, 15) is 22.4 Å². The van der Waals surface area contributed by atoms with Crippen molar-refractivity contribution in [3.05, 3.63) is 95.8 Å². The number of sulfonamides is 1. The first-order chi connectivity index (χ1) is 18.1. The fourth-order valence-electron chi connectivity index (χ4n) is 3.87. The Morgan fingerprint density at radius 2 is 1.58 bits per heavy atom. The van der Waals surface area contributed by atoms with Gasteiger partial charge in [-0.05, 0) is 62.2 Å². The van der Waals surface area contributed by atoms with Crippen LogP contribution >= 0.6 is 0 Å². The Hall–Kier alpha value is -3.72. The number of hydrogen-bond donors (Lipinski definition) is 1. The van der Waals surface area contributed by atoms with Crippen LogP contribution in [0.25, 0.3) is 0 Å². The summed E-state index contributed by atoms with van der Waals surface area (Å²) in [6.07, 6.45) is 1.71. The van der Waals surface area contributed by atoms with Crippen LogP contribution in [-0.4, -0.2) is 44.3 Å². The van der Waals surface area contributed by atoms with E-state index in [1.807, 2.05) is 44.2 Å². The van der Waals surface area contributed by atoms with Crippen molar-refractivity contribution < 1.29 is 22.4 Å². The molecule has 9 heteroatoms. The Kier molecular flexibility index (Phi) is 10.0. The number of hydrogen-bond acceptors (Lipinski definition) is 4. The summed E-state index contributed by atoms with van der Waals surface area (Å²) < 4.78 is 42.1. The van der Waals surface area contributed by atoms with Crippen LogP contribution in [0.5, 0.6) is 0 Å². The molecule has 0 unspecified atom stereocenters. The van der Waals surface area contributed by atoms with Crippen LogP contribution in [0.4, 0.5) is 10.1 Å². The second kappa shape index (κ2) is 13.2. The maximum Gasteiger partial charge on any atom is 0.264 e. The predicted octanol–water partition coefficient (Wildman–Crippen LogP) is 4.66. The van der Waals surface area contributed by atoms with E-state index < -0.39 is 34.3 Å². The van der Waals surface area contributed by atoms with E-state index in [4.69, 9.17) is 0 Å². The maximum atomic E-state index is 13.8. The third kappa shape index (κ3) is 7.41. The number of aryl methyl sites for hydroxylation is 1. The number of carbonyl (C=O) groups excluding carboxylic acids is 2. The van der Waals surface area contributed by atoms with Crippen LogP contribution in [0.15, 0.2) is 83.8 Å². The minimum Gasteiger partial charge on any atom is -0.354 e. The Morgan fingerprint density at radius 3 is 2.18 bits per heavy atom. The van der Waals surface area contributed by atoms with Crippen molar-refractivity contribution >= 4 is 27.5 Å². The molecule has 7 nitrogen and oxygen atoms in total. The van der Waals surface area contributed by atoms with Crippen LogP contribution in [0.2, 0.25) is 0 Å². The van der Waals surface area contributed by atoms with Gasteiger partial charge in [0.2, 0.25) is 11.8 Å². The van der Waals surface area contributed by atoms with Crippen molar-refractivity contribution in [1.29, 1.82) is 0 Å². The molecule has 0 heterocycles. The molecule has 0 aliphatic carbocycles. The van der Waals surface area contributed by atoms with Crippen molar-refractivity contribution in [2.45, 2.75) is 51.1 Å². The zero-order chi connectivity index (χ0) is 27.7. The number of rotatable bonds is 12. The van der Waals surface area contributed by atoms with Gasteiger partial charge in [-0.25, -0.2) is 12.8 Å². The Labute approximate surface area is 224 Å². The predicted molar refractivity (Wildman–Crippen MR) is 146 cm³/mol. The van der Waals surface area contributed by atoms with Crippen molar-refractivity contribution in [2.24, 2.45) is 0 Å². The van der Waals surface area contributed by atoms with Crippen LogP contribution < -0.4 is 9.62 Å². The number of amides is 2. The van der Waals surface area contributed by atoms with Gasteiger partial charge in [-0.1, -0.05) is 61.4 Å². The summed E-state index contributed by atoms with van der Waals surface area (Å²) in [4.78, 5) is 28.1. The number of benzene rings is 3. The number of nitrogens with one attached hydrogen (secondary N) is 1. The van der Waals surface area contributed by atoms with E-state index in [0.717, 1.165) is 40.4 Å². The summed E-state index contributed by atoms with van der Waals surface area (Å²) >= 11 is 0. The van der Waals surface area contributed by atoms with E-state index >= 15 is 0 Å². The number of nitrogens with zero attached hydrogens (tertiary/aromatic N) is 2. The largest absolute Gasteiger partial charge is 0.354 e. The fourth-order valence-corrected chi connectivity index (χ4v) is 5.29. The first kappa shape index (κ1) is 28.8. The first-order valence-corrected chi connectivity index (χ1v) is 14.0. The Morgan fingerprint density at radius 1 is 0.947 bits per heavy atom. The standard InChI is InChI=1S/C29H34FN3O4S/c1-4-5-19-31-29(35)23(3)32(20-24-9-7-6-8-10-24)28(34)21-33(26-15-13-25(30)14-16-26)38(36,37)27-17-11-22(2)12-18-27/h6-18,23H,4-5,19-21H2,1-3H3,(H,31,35)/t23-/m0/s1. The second-order valence-electron chi connectivity index (χ2n) is 9.13. The van der Waals surface area contributed by atoms with Gasteiger partial charge < -0.3 is 10.2 Å². The van der Waals surface area contributed by atoms with E-state index in [0.29, 0.717) is 6.54 Å². The molecule has 1 atom stereocenters. The summed E-state index contributed by atoms with van der Waals surface area (Å²) in [5.74, 6) is -1.42. The van der Waals surface area contributed by atoms with Crippen LogP contribution in [0.1, 0.15) is 37.8 Å². The molecule has 38 heavy (non-hydrogen) atoms. The van der Waals surface area contributed by atoms with Crippen molar-refractivity contribution in [1.82, 2.24) is 10.2 Å². The average Bonchev–Trinajstić information content (AvgIpc) is 2.91. The third-order valence-corrected chi connectivity index (χ3v) is 7.98. The van der Waals surface area contributed by atoms with Crippen LogP contribution in [0.3, 0.4) is 0 Å². The Bertz CT molecular complexity index is 1310. The highest BCUT2D eigenvalue weighted by molar-refractivity contribution is 7.92. The molecule has 0 radical (unpaired) electrons. The molecule has 3 aromatic rings. The fraction of sp³-hybridized carbons (Fsp3) is 0.310. The highest BCUT2D eigenvalue weighted by atomic mass is 32.2. The highest BCUT2D eigenvalue weighted by Gasteiger charge is 2.32. The van der Waals surface area contributed by atoms with E-state index in [1.54, 1.807) is 19.1 Å². The topological polar surface area (TPSA) is 86.8 Å². The lowest BCUT2D eigenvalue weighted by Gasteiger charge is -2.32. The summed E-state index contributed by atoms with van der Waals surface area (Å²) in [7, 11) is -4.19. The molecule has 202 valence electrons. The summed E-state index contributed by atoms with van der Waals surface area (Å²) in [6, 6.07) is 19.5. The highest BCUT2D eigenvalue weighted by Crippen LogP contribution is 2.25. The lowest BCUT2D eigenvalue weighted by molar-refractivity contribution is -0.139. The minimum absolute atomic E-state index is 0.000177. The van der Waals surface area contributed by atoms with Gasteiger partial charge >= 0.3 is 0 Å². The molecule has 0 spiro atoms. The quantitative estimate of drug-likeness (QED) is 0.339. The van der Waals surface area contributed by atoms with E-state index in [-0.39, 0.29) is 23.0 Å². The SMILES string of the molecule is CCCCNC(=O)[C@H](C)N(Cc1ccccc1)C(=O)CN(c1ccc(F)cc1)S(=O)(=O)c1ccc(C)cc1. The molecule has 0 fully saturated rings. The van der Waals surface area contributed by atoms with Crippen molar-refractivity contribution in [3.63, 3.8) is 0 Å². The zero-order valence-electron chi connectivity index (χ0n) is 21.9. The molecule has 0 saturated heterocycles. The maximum absolute atomic E-state index is 13.8. The second-order valence-corrected chi connectivity index (χ2v) is 11.0. The van der Waals surface area contributed by atoms with Gasteiger partial charge in [-0.15, -0.1) is 0 Å². The molecule has 0 bridgehead atoms. The molecule has 3 rings (SSSR count). The van der Waals surface area contributed by atoms with Gasteiger partial charge in [-0.2, -0.15) is 0 Å². The van der Waals surface area contributed by atoms with Gasteiger partial charge in [0, 0.05) is 13.1 Å². The zero-order valence-corrected chi connectivity index (χ0v) is 22.7. The summed E-state index contributed by atoms with van der Waals surface area (Å²) in [5, 5.41) is 2.85. The smallest absolute Gasteiger partial charge is 0.264 e. The van der Waals surface area contributed by atoms with Crippen LogP contribution in [0, 0.1) is 12.7 Å². The van der Waals surface area contributed by atoms with Gasteiger partial charge in [0.1, 0.15) is 18.4 Å². The number of anilines is 1. The Balaban J connectivity index is 1.97. The van der Waals surface area contributed by atoms with Gasteiger partial charge in [0.05, 0.1) is 10.6 Å². The third-order valence-electron chi connectivity index (χ3n) is 6.20. The van der Waals surface area contributed by atoms with Gasteiger partial charge in [-0.3, -0.25) is 13.9 Å². The summed E-state index contributed by atoms with van der Waals surface area (Å²) in [6.45, 7) is 5.51. The van der Waals surface area contributed by atoms with Crippen LogP contribution in [-0.2, 0) is 26.2 Å². The molecular formula is C29H34FN3O4S. The molecular weight excluding hydrogens is 505 g/mol. The van der Waals surface area contributed by atoms with Crippen molar-refractivity contribution in [3.8, 4) is 0 Å². The van der Waals surface area contributed by atoms with E-state index in [1.165, 1.54) is 29.2 Å². The van der Waals surface area contributed by atoms with Gasteiger partial charge in [0.15, 0.2) is 0 Å². The molecule has 2 amide bonds. The lowest BCUT2D eigenvalue weighted by Crippen LogP contribution is -2.51. The molecule has 0 aromatic heterocycles.